The number of nitrogens with zero attached hydrogens (tertiary/aromatic N) is 2. The molecule has 3 nitrogen and oxygen atoms in total. The number of hydrogen-bond donors (Lipinski definition) is 0. The molecule has 0 radical (unpaired) electrons. The number of methoxy groups -OCH3 is 1. The molecule has 88 valence electrons. The Hall–Kier alpha value is -0.670. The van der Waals surface area contributed by atoms with Crippen LogP contribution >= 0.6 is 11.6 Å². The Kier molecular flexibility index (Phi) is 3.17. The van der Waals surface area contributed by atoms with Crippen molar-refractivity contribution in [1.29, 1.82) is 0 Å². The van der Waals surface area contributed by atoms with Gasteiger partial charge in [-0.3, -0.25) is 0 Å². The Bertz CT molecular complexity index is 387. The summed E-state index contributed by atoms with van der Waals surface area (Å²) < 4.78 is 5.50. The molecule has 1 aromatic rings. The highest BCUT2D eigenvalue weighted by atomic mass is 35.5. The van der Waals surface area contributed by atoms with E-state index >= 15 is 0 Å². The van der Waals surface area contributed by atoms with Gasteiger partial charge in [-0.1, -0.05) is 18.5 Å². The van der Waals surface area contributed by atoms with Crippen LogP contribution in [0.25, 0.3) is 0 Å². The van der Waals surface area contributed by atoms with Crippen molar-refractivity contribution in [3.63, 3.8) is 0 Å². The molecule has 1 aromatic heterocycles. The third-order valence-corrected chi connectivity index (χ3v) is 3.50. The van der Waals surface area contributed by atoms with Crippen molar-refractivity contribution in [2.45, 2.75) is 44.6 Å². The molecule has 0 saturated heterocycles. The Morgan fingerprint density at radius 2 is 2.19 bits per heavy atom. The van der Waals surface area contributed by atoms with Gasteiger partial charge in [0.2, 0.25) is 0 Å². The van der Waals surface area contributed by atoms with Gasteiger partial charge >= 0.3 is 0 Å². The van der Waals surface area contributed by atoms with Crippen LogP contribution in [0.2, 0.25) is 5.15 Å². The fraction of sp³-hybridized carbons (Fsp3) is 0.667. The van der Waals surface area contributed by atoms with Gasteiger partial charge in [0, 0.05) is 18.7 Å². The molecule has 0 amide bonds. The van der Waals surface area contributed by atoms with Crippen molar-refractivity contribution in [2.75, 3.05) is 7.11 Å². The topological polar surface area (TPSA) is 35.0 Å². The maximum Gasteiger partial charge on any atom is 0.161 e. The summed E-state index contributed by atoms with van der Waals surface area (Å²) in [4.78, 5) is 8.88. The maximum absolute atomic E-state index is 6.04. The summed E-state index contributed by atoms with van der Waals surface area (Å²) in [5.41, 5.74) is 0.626. The number of halogens is 1. The van der Waals surface area contributed by atoms with Gasteiger partial charge in [-0.2, -0.15) is 0 Å². The van der Waals surface area contributed by atoms with Crippen LogP contribution in [0.5, 0.6) is 0 Å². The van der Waals surface area contributed by atoms with Gasteiger partial charge in [0.15, 0.2) is 5.82 Å². The normalized spacial score (nSPS) is 19.5. The van der Waals surface area contributed by atoms with E-state index in [0.29, 0.717) is 16.9 Å². The van der Waals surface area contributed by atoms with Crippen molar-refractivity contribution in [3.05, 3.63) is 22.7 Å². The molecule has 1 heterocycles. The highest BCUT2D eigenvalue weighted by Crippen LogP contribution is 2.40. The Labute approximate surface area is 101 Å². The van der Waals surface area contributed by atoms with Gasteiger partial charge in [-0.15, -0.1) is 0 Å². The highest BCUT2D eigenvalue weighted by Gasteiger charge is 2.31. The average molecular weight is 241 g/mol. The molecule has 1 fully saturated rings. The molecule has 2 rings (SSSR count). The molecule has 0 bridgehead atoms. The highest BCUT2D eigenvalue weighted by molar-refractivity contribution is 6.29. The quantitative estimate of drug-likeness (QED) is 0.758. The van der Waals surface area contributed by atoms with Crippen LogP contribution in [-0.2, 0) is 10.3 Å². The van der Waals surface area contributed by atoms with Crippen molar-refractivity contribution >= 4 is 11.6 Å². The first-order chi connectivity index (χ1) is 7.59. The monoisotopic (exact) mass is 240 g/mol. The van der Waals surface area contributed by atoms with E-state index in [-0.39, 0.29) is 0 Å². The van der Waals surface area contributed by atoms with Crippen molar-refractivity contribution in [2.24, 2.45) is 0 Å². The van der Waals surface area contributed by atoms with Crippen LogP contribution in [-0.4, -0.2) is 17.1 Å². The van der Waals surface area contributed by atoms with Crippen molar-refractivity contribution in [3.8, 4) is 0 Å². The van der Waals surface area contributed by atoms with E-state index in [1.165, 1.54) is 12.8 Å². The summed E-state index contributed by atoms with van der Waals surface area (Å²) in [5, 5.41) is 0.517. The smallest absolute Gasteiger partial charge is 0.161 e. The fourth-order valence-corrected chi connectivity index (χ4v) is 1.85. The second-order valence-electron chi connectivity index (χ2n) is 4.50. The van der Waals surface area contributed by atoms with Gasteiger partial charge in [0.1, 0.15) is 10.8 Å². The van der Waals surface area contributed by atoms with E-state index < -0.39 is 5.60 Å². The lowest BCUT2D eigenvalue weighted by atomic mass is 10.0. The third kappa shape index (κ3) is 2.20. The first-order valence-corrected chi connectivity index (χ1v) is 6.07. The molecular formula is C12H17ClN2O. The van der Waals surface area contributed by atoms with E-state index in [0.717, 1.165) is 12.1 Å². The van der Waals surface area contributed by atoms with Crippen molar-refractivity contribution < 1.29 is 4.74 Å². The average Bonchev–Trinajstić information content (AvgIpc) is 3.11. The van der Waals surface area contributed by atoms with E-state index in [9.17, 15) is 0 Å². The standard InChI is InChI=1S/C12H17ClN2O/c1-4-12(2,16-3)11-14-9(8-5-6-8)7-10(13)15-11/h7-8H,4-6H2,1-3H3. The first kappa shape index (κ1) is 11.8. The van der Waals surface area contributed by atoms with E-state index in [1.54, 1.807) is 7.11 Å². The minimum atomic E-state index is -0.436. The van der Waals surface area contributed by atoms with Crippen LogP contribution in [0.1, 0.15) is 50.5 Å². The maximum atomic E-state index is 6.04. The SMILES string of the molecule is CCC(C)(OC)c1nc(Cl)cc(C2CC2)n1. The Morgan fingerprint density at radius 3 is 2.69 bits per heavy atom. The zero-order valence-electron chi connectivity index (χ0n) is 9.96. The summed E-state index contributed by atoms with van der Waals surface area (Å²) in [6.07, 6.45) is 3.25. The van der Waals surface area contributed by atoms with E-state index in [4.69, 9.17) is 16.3 Å². The Morgan fingerprint density at radius 1 is 1.50 bits per heavy atom. The van der Waals surface area contributed by atoms with Crippen LogP contribution in [0, 0.1) is 0 Å². The third-order valence-electron chi connectivity index (χ3n) is 3.31. The predicted molar refractivity (Wildman–Crippen MR) is 63.7 cm³/mol. The molecule has 16 heavy (non-hydrogen) atoms. The molecule has 1 saturated carbocycles. The second-order valence-corrected chi connectivity index (χ2v) is 4.89. The molecule has 0 aromatic carbocycles. The van der Waals surface area contributed by atoms with Crippen LogP contribution in [0.15, 0.2) is 6.07 Å². The minimum Gasteiger partial charge on any atom is -0.371 e. The van der Waals surface area contributed by atoms with E-state index in [2.05, 4.69) is 16.9 Å². The molecule has 1 aliphatic rings. The predicted octanol–water partition coefficient (Wildman–Crippen LogP) is 3.28. The van der Waals surface area contributed by atoms with Crippen LogP contribution in [0.3, 0.4) is 0 Å². The minimum absolute atomic E-state index is 0.436. The van der Waals surface area contributed by atoms with Gasteiger partial charge < -0.3 is 4.74 Å². The summed E-state index contributed by atoms with van der Waals surface area (Å²) in [6, 6.07) is 1.87. The van der Waals surface area contributed by atoms with Gasteiger partial charge in [0.25, 0.3) is 0 Å². The molecule has 1 aliphatic carbocycles. The van der Waals surface area contributed by atoms with Gasteiger partial charge in [0.05, 0.1) is 0 Å². The summed E-state index contributed by atoms with van der Waals surface area (Å²) in [7, 11) is 1.69. The van der Waals surface area contributed by atoms with Gasteiger partial charge in [-0.05, 0) is 32.3 Å². The summed E-state index contributed by atoms with van der Waals surface area (Å²) >= 11 is 6.04. The molecular weight excluding hydrogens is 224 g/mol. The lowest BCUT2D eigenvalue weighted by Gasteiger charge is -2.25. The largest absolute Gasteiger partial charge is 0.371 e. The molecule has 1 atom stereocenters. The number of aromatic nitrogens is 2. The fourth-order valence-electron chi connectivity index (χ4n) is 1.65. The zero-order valence-corrected chi connectivity index (χ0v) is 10.7. The number of hydrogen-bond acceptors (Lipinski definition) is 3. The molecule has 0 N–H and O–H groups in total. The van der Waals surface area contributed by atoms with Crippen LogP contribution in [0.4, 0.5) is 0 Å². The van der Waals surface area contributed by atoms with Crippen molar-refractivity contribution in [1.82, 2.24) is 9.97 Å². The summed E-state index contributed by atoms with van der Waals surface area (Å²) in [5.74, 6) is 1.28. The molecule has 0 spiro atoms. The lowest BCUT2D eigenvalue weighted by molar-refractivity contribution is -0.00914. The lowest BCUT2D eigenvalue weighted by Crippen LogP contribution is -2.26. The molecule has 4 heteroatoms. The summed E-state index contributed by atoms with van der Waals surface area (Å²) in [6.45, 7) is 4.06. The van der Waals surface area contributed by atoms with Crippen LogP contribution < -0.4 is 0 Å². The number of rotatable bonds is 4. The Balaban J connectivity index is 2.39. The first-order valence-electron chi connectivity index (χ1n) is 5.69. The second kappa shape index (κ2) is 4.30. The zero-order chi connectivity index (χ0) is 11.8. The molecule has 0 aliphatic heterocycles. The number of ether oxygens (including phenoxy) is 1. The molecule has 1 unspecified atom stereocenters. The van der Waals surface area contributed by atoms with Gasteiger partial charge in [-0.25, -0.2) is 9.97 Å². The van der Waals surface area contributed by atoms with E-state index in [1.807, 2.05) is 13.0 Å².